The first-order chi connectivity index (χ1) is 13.9. The van der Waals surface area contributed by atoms with Crippen LogP contribution >= 0.6 is 0 Å². The second kappa shape index (κ2) is 10.0. The number of amides is 1. The van der Waals surface area contributed by atoms with Crippen molar-refractivity contribution in [2.24, 2.45) is 11.8 Å². The average molecular weight is 399 g/mol. The lowest BCUT2D eigenvalue weighted by molar-refractivity contribution is -0.121. The van der Waals surface area contributed by atoms with Crippen molar-refractivity contribution in [2.75, 3.05) is 26.2 Å². The minimum absolute atomic E-state index is 0.0125. The Bertz CT molecular complexity index is 882. The maximum atomic E-state index is 12.6. The van der Waals surface area contributed by atoms with E-state index in [0.717, 1.165) is 42.3 Å². The number of unbranched alkanes of at least 4 members (excludes halogenated alkanes) is 1. The van der Waals surface area contributed by atoms with Crippen molar-refractivity contribution in [1.82, 2.24) is 19.8 Å². The summed E-state index contributed by atoms with van der Waals surface area (Å²) in [5.74, 6) is 1.56. The smallest absolute Gasteiger partial charge is 0.261 e. The summed E-state index contributed by atoms with van der Waals surface area (Å²) in [5.41, 5.74) is 1.63. The molecule has 0 spiro atoms. The lowest BCUT2D eigenvalue weighted by atomic mass is 9.92. The fourth-order valence-electron chi connectivity index (χ4n) is 4.47. The number of piperidine rings is 1. The van der Waals surface area contributed by atoms with Gasteiger partial charge in [-0.2, -0.15) is 0 Å². The van der Waals surface area contributed by atoms with Crippen LogP contribution in [0.1, 0.15) is 45.1 Å². The SMILES string of the molecule is Cc1cccc2c(=O)n(CCC(=O)NCCCCN3C[C@H](C)C[C@H](C)C3)cnc12. The van der Waals surface area contributed by atoms with Crippen LogP contribution in [0.4, 0.5) is 0 Å². The van der Waals surface area contributed by atoms with E-state index in [1.807, 2.05) is 19.1 Å². The molecule has 1 N–H and O–H groups in total. The number of likely N-dealkylation sites (tertiary alicyclic amines) is 1. The highest BCUT2D eigenvalue weighted by atomic mass is 16.1. The van der Waals surface area contributed by atoms with Gasteiger partial charge >= 0.3 is 0 Å². The molecule has 1 fully saturated rings. The number of fused-ring (bicyclic) bond motifs is 1. The molecule has 0 saturated carbocycles. The predicted molar refractivity (Wildman–Crippen MR) is 117 cm³/mol. The van der Waals surface area contributed by atoms with Crippen LogP contribution < -0.4 is 10.9 Å². The molecular weight excluding hydrogens is 364 g/mol. The van der Waals surface area contributed by atoms with Crippen LogP contribution in [0, 0.1) is 18.8 Å². The minimum atomic E-state index is -0.0866. The molecule has 0 radical (unpaired) electrons. The highest BCUT2D eigenvalue weighted by molar-refractivity contribution is 5.80. The van der Waals surface area contributed by atoms with Gasteiger partial charge in [-0.15, -0.1) is 0 Å². The van der Waals surface area contributed by atoms with E-state index in [1.54, 1.807) is 12.4 Å². The number of rotatable bonds is 8. The summed E-state index contributed by atoms with van der Waals surface area (Å²) in [4.78, 5) is 31.7. The maximum absolute atomic E-state index is 12.6. The van der Waals surface area contributed by atoms with Gasteiger partial charge in [0.15, 0.2) is 0 Å². The summed E-state index contributed by atoms with van der Waals surface area (Å²) in [7, 11) is 0. The van der Waals surface area contributed by atoms with Crippen LogP contribution in [-0.4, -0.2) is 46.5 Å². The highest BCUT2D eigenvalue weighted by Crippen LogP contribution is 2.20. The molecule has 1 aromatic carbocycles. The molecule has 0 aliphatic carbocycles. The molecule has 6 nitrogen and oxygen atoms in total. The number of benzene rings is 1. The topological polar surface area (TPSA) is 67.2 Å². The van der Waals surface area contributed by atoms with E-state index in [-0.39, 0.29) is 11.5 Å². The number of hydrogen-bond acceptors (Lipinski definition) is 4. The standard InChI is InChI=1S/C23H34N4O2/c1-17-13-18(2)15-26(14-17)11-5-4-10-24-21(28)9-12-27-16-25-22-19(3)7-6-8-20(22)23(27)29/h6-8,16-18H,4-5,9-15H2,1-3H3,(H,24,28)/t17-,18+. The Morgan fingerprint density at radius 3 is 2.69 bits per heavy atom. The molecule has 1 saturated heterocycles. The molecule has 1 aliphatic heterocycles. The Balaban J connectivity index is 1.38. The van der Waals surface area contributed by atoms with Gasteiger partial charge in [-0.05, 0) is 56.2 Å². The van der Waals surface area contributed by atoms with Crippen LogP contribution in [0.2, 0.25) is 0 Å². The van der Waals surface area contributed by atoms with Crippen molar-refractivity contribution in [3.05, 3.63) is 40.4 Å². The largest absolute Gasteiger partial charge is 0.356 e. The minimum Gasteiger partial charge on any atom is -0.356 e. The lowest BCUT2D eigenvalue weighted by Gasteiger charge is -2.34. The molecule has 6 heteroatoms. The summed E-state index contributed by atoms with van der Waals surface area (Å²) in [6.07, 6.45) is 5.27. The van der Waals surface area contributed by atoms with Crippen LogP contribution in [0.3, 0.4) is 0 Å². The Kier molecular flexibility index (Phi) is 7.42. The van der Waals surface area contributed by atoms with Crippen molar-refractivity contribution < 1.29 is 4.79 Å². The van der Waals surface area contributed by atoms with E-state index >= 15 is 0 Å². The van der Waals surface area contributed by atoms with Gasteiger partial charge in [-0.1, -0.05) is 26.0 Å². The number of para-hydroxylation sites is 1. The van der Waals surface area contributed by atoms with E-state index in [0.29, 0.717) is 24.9 Å². The van der Waals surface area contributed by atoms with Crippen LogP contribution in [0.15, 0.2) is 29.3 Å². The molecule has 0 unspecified atom stereocenters. The second-order valence-corrected chi connectivity index (χ2v) is 8.73. The number of nitrogens with one attached hydrogen (secondary N) is 1. The number of carbonyl (C=O) groups excluding carboxylic acids is 1. The summed E-state index contributed by atoms with van der Waals surface area (Å²) in [6.45, 7) is 11.2. The number of hydrogen-bond donors (Lipinski definition) is 1. The van der Waals surface area contributed by atoms with Crippen molar-refractivity contribution >= 4 is 16.8 Å². The van der Waals surface area contributed by atoms with Gasteiger partial charge in [0.2, 0.25) is 5.91 Å². The quantitative estimate of drug-likeness (QED) is 0.694. The van der Waals surface area contributed by atoms with Crippen molar-refractivity contribution in [3.8, 4) is 0 Å². The molecule has 1 aromatic heterocycles. The van der Waals surface area contributed by atoms with Gasteiger partial charge < -0.3 is 10.2 Å². The van der Waals surface area contributed by atoms with E-state index in [9.17, 15) is 9.59 Å². The number of nitrogens with zero attached hydrogens (tertiary/aromatic N) is 3. The van der Waals surface area contributed by atoms with E-state index in [4.69, 9.17) is 0 Å². The molecule has 2 aromatic rings. The van der Waals surface area contributed by atoms with Gasteiger partial charge in [0.1, 0.15) is 0 Å². The fraction of sp³-hybridized carbons (Fsp3) is 0.609. The van der Waals surface area contributed by atoms with Gasteiger partial charge in [0, 0.05) is 32.6 Å². The molecular formula is C23H34N4O2. The highest BCUT2D eigenvalue weighted by Gasteiger charge is 2.20. The first-order valence-corrected chi connectivity index (χ1v) is 10.9. The monoisotopic (exact) mass is 398 g/mol. The third-order valence-corrected chi connectivity index (χ3v) is 5.80. The number of aromatic nitrogens is 2. The molecule has 1 amide bonds. The van der Waals surface area contributed by atoms with Crippen molar-refractivity contribution in [2.45, 2.75) is 53.0 Å². The molecule has 158 valence electrons. The molecule has 2 heterocycles. The van der Waals surface area contributed by atoms with Crippen molar-refractivity contribution in [1.29, 1.82) is 0 Å². The first kappa shape index (κ1) is 21.5. The fourth-order valence-corrected chi connectivity index (χ4v) is 4.47. The second-order valence-electron chi connectivity index (χ2n) is 8.73. The Hall–Kier alpha value is -2.21. The lowest BCUT2D eigenvalue weighted by Crippen LogP contribution is -2.39. The molecule has 1 aliphatic rings. The normalized spacial score (nSPS) is 20.1. The van der Waals surface area contributed by atoms with Crippen LogP contribution in [0.25, 0.3) is 10.9 Å². The average Bonchev–Trinajstić information content (AvgIpc) is 2.67. The zero-order chi connectivity index (χ0) is 20.8. The van der Waals surface area contributed by atoms with Gasteiger partial charge in [0.05, 0.1) is 17.2 Å². The summed E-state index contributed by atoms with van der Waals surface area (Å²) < 4.78 is 1.53. The molecule has 29 heavy (non-hydrogen) atoms. The number of aryl methyl sites for hydroxylation is 2. The van der Waals surface area contributed by atoms with E-state index in [1.165, 1.54) is 24.1 Å². The van der Waals surface area contributed by atoms with E-state index < -0.39 is 0 Å². The van der Waals surface area contributed by atoms with Crippen molar-refractivity contribution in [3.63, 3.8) is 0 Å². The van der Waals surface area contributed by atoms with E-state index in [2.05, 4.69) is 29.0 Å². The third kappa shape index (κ3) is 5.89. The summed E-state index contributed by atoms with van der Waals surface area (Å²) in [6, 6.07) is 5.60. The Labute approximate surface area is 173 Å². The summed E-state index contributed by atoms with van der Waals surface area (Å²) in [5, 5.41) is 3.59. The van der Waals surface area contributed by atoms with Gasteiger partial charge in [-0.3, -0.25) is 14.2 Å². The van der Waals surface area contributed by atoms with Gasteiger partial charge in [0.25, 0.3) is 5.56 Å². The van der Waals surface area contributed by atoms with Crippen LogP contribution in [-0.2, 0) is 11.3 Å². The summed E-state index contributed by atoms with van der Waals surface area (Å²) >= 11 is 0. The zero-order valence-electron chi connectivity index (χ0n) is 18.0. The third-order valence-electron chi connectivity index (χ3n) is 5.80. The van der Waals surface area contributed by atoms with Crippen LogP contribution in [0.5, 0.6) is 0 Å². The molecule has 2 atom stereocenters. The van der Waals surface area contributed by atoms with Gasteiger partial charge in [-0.25, -0.2) is 4.98 Å². The zero-order valence-corrected chi connectivity index (χ0v) is 18.0. The Morgan fingerprint density at radius 2 is 1.93 bits per heavy atom. The molecule has 0 bridgehead atoms. The maximum Gasteiger partial charge on any atom is 0.261 e. The first-order valence-electron chi connectivity index (χ1n) is 10.9. The number of carbonyl (C=O) groups is 1. The predicted octanol–water partition coefficient (Wildman–Crippen LogP) is 2.97. The Morgan fingerprint density at radius 1 is 1.17 bits per heavy atom. The molecule has 3 rings (SSSR count).